The lowest BCUT2D eigenvalue weighted by molar-refractivity contribution is -0.148. The third-order valence-corrected chi connectivity index (χ3v) is 10.5. The molecular formula is C29H36N2O7S. The Hall–Kier alpha value is -2.82. The molecule has 4 atom stereocenters. The molecule has 1 saturated carbocycles. The number of nitrogens with two attached hydrogens (primary N) is 1. The van der Waals surface area contributed by atoms with Crippen molar-refractivity contribution in [1.29, 1.82) is 0 Å². The van der Waals surface area contributed by atoms with Crippen LogP contribution in [0.4, 0.5) is 0 Å². The third kappa shape index (κ3) is 4.19. The molecule has 4 aliphatic carbocycles. The molecule has 1 unspecified atom stereocenters. The number of amides is 1. The Morgan fingerprint density at radius 1 is 1.15 bits per heavy atom. The maximum absolute atomic E-state index is 13.9. The summed E-state index contributed by atoms with van der Waals surface area (Å²) in [6, 6.07) is 0.926. The quantitative estimate of drug-likeness (QED) is 0.343. The average Bonchev–Trinajstić information content (AvgIpc) is 2.87. The molecule has 0 spiro atoms. The van der Waals surface area contributed by atoms with Gasteiger partial charge in [-0.05, 0) is 63.7 Å². The van der Waals surface area contributed by atoms with Gasteiger partial charge in [-0.25, -0.2) is 0 Å². The Labute approximate surface area is 231 Å². The van der Waals surface area contributed by atoms with E-state index in [0.717, 1.165) is 18.4 Å². The number of allylic oxidation sites excluding steroid dienone is 1. The molecule has 1 aromatic carbocycles. The molecule has 0 saturated heterocycles. The topological polar surface area (TPSA) is 161 Å². The van der Waals surface area contributed by atoms with Crippen LogP contribution in [0.3, 0.4) is 0 Å². The second-order valence-corrected chi connectivity index (χ2v) is 12.9. The number of rotatable bonds is 5. The molecule has 10 heteroatoms. The first-order chi connectivity index (χ1) is 18.4. The number of Topliss-reactive ketones (excluding diaryl/α,β-unsaturated/α-hetero) is 2. The molecule has 0 radical (unpaired) electrons. The van der Waals surface area contributed by atoms with Crippen molar-refractivity contribution < 1.29 is 34.8 Å². The van der Waals surface area contributed by atoms with Gasteiger partial charge in [0.15, 0.2) is 11.4 Å². The van der Waals surface area contributed by atoms with Crippen LogP contribution >= 0.6 is 11.8 Å². The Balaban J connectivity index is 1.59. The van der Waals surface area contributed by atoms with E-state index in [2.05, 4.69) is 0 Å². The molecule has 0 bridgehead atoms. The summed E-state index contributed by atoms with van der Waals surface area (Å²) < 4.78 is 0. The fourth-order valence-corrected chi connectivity index (χ4v) is 8.43. The summed E-state index contributed by atoms with van der Waals surface area (Å²) in [5.41, 5.74) is 4.12. The van der Waals surface area contributed by atoms with Crippen molar-refractivity contribution in [3.05, 3.63) is 51.0 Å². The number of hydrogen-bond donors (Lipinski definition) is 5. The van der Waals surface area contributed by atoms with Gasteiger partial charge in [-0.15, -0.1) is 0 Å². The van der Waals surface area contributed by atoms with Crippen molar-refractivity contribution in [2.75, 3.05) is 14.1 Å². The van der Waals surface area contributed by atoms with Gasteiger partial charge in [0.2, 0.25) is 5.78 Å². The third-order valence-electron chi connectivity index (χ3n) is 9.05. The second-order valence-electron chi connectivity index (χ2n) is 11.6. The fourth-order valence-electron chi connectivity index (χ4n) is 7.12. The number of hydrogen-bond acceptors (Lipinski definition) is 9. The molecule has 1 fully saturated rings. The van der Waals surface area contributed by atoms with Crippen LogP contribution in [-0.2, 0) is 21.8 Å². The highest BCUT2D eigenvalue weighted by Gasteiger charge is 2.63. The molecule has 6 N–H and O–H groups in total. The van der Waals surface area contributed by atoms with E-state index in [0.29, 0.717) is 28.6 Å². The Morgan fingerprint density at radius 3 is 2.44 bits per heavy atom. The summed E-state index contributed by atoms with van der Waals surface area (Å²) in [7, 11) is 3.23. The van der Waals surface area contributed by atoms with Crippen LogP contribution in [0.5, 0.6) is 5.75 Å². The number of carbonyl (C=O) groups excluding carboxylic acids is 3. The van der Waals surface area contributed by atoms with Gasteiger partial charge in [0.25, 0.3) is 5.91 Å². The average molecular weight is 557 g/mol. The normalized spacial score (nSPS) is 29.4. The highest BCUT2D eigenvalue weighted by molar-refractivity contribution is 7.99. The molecule has 1 amide bonds. The Bertz CT molecular complexity index is 1330. The number of likely N-dealkylation sites (N-methyl/N-ethyl adjacent to an activating group) is 1. The summed E-state index contributed by atoms with van der Waals surface area (Å²) in [4.78, 5) is 41.0. The predicted molar refractivity (Wildman–Crippen MR) is 147 cm³/mol. The van der Waals surface area contributed by atoms with E-state index in [1.54, 1.807) is 30.8 Å². The van der Waals surface area contributed by atoms with E-state index in [4.69, 9.17) is 5.73 Å². The SMILES string of the molecule is Cc1cc(CSC2CCCCC2)c(O)c2c1C[C@H]1C[C@H]3C(N(C)C)C(O)=C(C(N)=O)C(=O)[C@@]3(O)C(O)=C1C2=O. The predicted octanol–water partition coefficient (Wildman–Crippen LogP) is 2.99. The van der Waals surface area contributed by atoms with Crippen molar-refractivity contribution in [3.63, 3.8) is 0 Å². The largest absolute Gasteiger partial charge is 0.510 e. The van der Waals surface area contributed by atoms with Gasteiger partial charge >= 0.3 is 0 Å². The zero-order valence-corrected chi connectivity index (χ0v) is 23.3. The molecule has 0 aliphatic heterocycles. The number of benzene rings is 1. The zero-order chi connectivity index (χ0) is 28.4. The highest BCUT2D eigenvalue weighted by Crippen LogP contribution is 2.53. The Morgan fingerprint density at radius 2 is 1.82 bits per heavy atom. The van der Waals surface area contributed by atoms with Gasteiger partial charge in [0.05, 0.1) is 11.6 Å². The van der Waals surface area contributed by atoms with Gasteiger partial charge in [-0.1, -0.05) is 25.3 Å². The van der Waals surface area contributed by atoms with Crippen LogP contribution in [0.25, 0.3) is 0 Å². The monoisotopic (exact) mass is 556 g/mol. The lowest BCUT2D eigenvalue weighted by atomic mass is 9.58. The molecule has 39 heavy (non-hydrogen) atoms. The number of phenols is 1. The molecule has 210 valence electrons. The molecule has 0 aromatic heterocycles. The van der Waals surface area contributed by atoms with Gasteiger partial charge in [-0.2, -0.15) is 11.8 Å². The van der Waals surface area contributed by atoms with Crippen molar-refractivity contribution in [2.45, 2.75) is 74.5 Å². The van der Waals surface area contributed by atoms with E-state index in [-0.39, 0.29) is 23.3 Å². The summed E-state index contributed by atoms with van der Waals surface area (Å²) in [5.74, 6) is -5.66. The van der Waals surface area contributed by atoms with Crippen LogP contribution in [0.15, 0.2) is 28.7 Å². The Kier molecular flexibility index (Phi) is 7.10. The molecular weight excluding hydrogens is 520 g/mol. The van der Waals surface area contributed by atoms with Crippen molar-refractivity contribution in [1.82, 2.24) is 4.90 Å². The van der Waals surface area contributed by atoms with Crippen LogP contribution in [0.2, 0.25) is 0 Å². The smallest absolute Gasteiger partial charge is 0.255 e. The number of primary amides is 1. The van der Waals surface area contributed by atoms with E-state index in [1.807, 2.05) is 13.0 Å². The van der Waals surface area contributed by atoms with Crippen molar-refractivity contribution in [2.24, 2.45) is 17.6 Å². The van der Waals surface area contributed by atoms with Crippen LogP contribution in [-0.4, -0.2) is 73.8 Å². The molecule has 0 heterocycles. The second kappa shape index (κ2) is 9.98. The number of aliphatic hydroxyl groups excluding tert-OH is 2. The van der Waals surface area contributed by atoms with Gasteiger partial charge in [-0.3, -0.25) is 19.3 Å². The number of aromatic hydroxyl groups is 1. The number of carbonyl (C=O) groups is 3. The first-order valence-corrected chi connectivity index (χ1v) is 14.5. The minimum atomic E-state index is -2.62. The summed E-state index contributed by atoms with van der Waals surface area (Å²) in [5, 5.41) is 45.8. The van der Waals surface area contributed by atoms with Crippen LogP contribution < -0.4 is 5.73 Å². The zero-order valence-electron chi connectivity index (χ0n) is 22.5. The minimum absolute atomic E-state index is 0.0885. The molecule has 4 aliphatic rings. The first-order valence-electron chi connectivity index (χ1n) is 13.5. The number of nitrogens with zero attached hydrogens (tertiary/aromatic N) is 1. The first kappa shape index (κ1) is 27.7. The number of ketones is 2. The van der Waals surface area contributed by atoms with Gasteiger partial charge < -0.3 is 26.2 Å². The number of fused-ring (bicyclic) bond motifs is 3. The van der Waals surface area contributed by atoms with E-state index < -0.39 is 58.0 Å². The standard InChI is InChI=1S/C29H36N2O7S/c1-13-9-15(12-39-16-7-5-4-6-8-16)23(32)20-17(13)10-14-11-18-22(31(2)3)25(34)21(28(30)37)27(36)29(18,38)26(35)19(14)24(20)33/h9,14,16,18,22,32,34-35,38H,4-8,10-12H2,1-3H3,(H2,30,37)/t14-,18-,22?,29-/m0/s1. The minimum Gasteiger partial charge on any atom is -0.510 e. The molecule has 1 aromatic rings. The van der Waals surface area contributed by atoms with E-state index in [1.165, 1.54) is 19.3 Å². The van der Waals surface area contributed by atoms with E-state index >= 15 is 0 Å². The van der Waals surface area contributed by atoms with Crippen LogP contribution in [0, 0.1) is 18.8 Å². The fraction of sp³-hybridized carbons (Fsp3) is 0.552. The maximum Gasteiger partial charge on any atom is 0.255 e. The lowest BCUT2D eigenvalue weighted by Gasteiger charge is -2.50. The molecule has 9 nitrogen and oxygen atoms in total. The summed E-state index contributed by atoms with van der Waals surface area (Å²) >= 11 is 1.77. The summed E-state index contributed by atoms with van der Waals surface area (Å²) in [6.45, 7) is 1.90. The maximum atomic E-state index is 13.9. The number of aryl methyl sites for hydroxylation is 1. The number of aliphatic hydroxyl groups is 3. The molecule has 5 rings (SSSR count). The van der Waals surface area contributed by atoms with Crippen molar-refractivity contribution >= 4 is 29.2 Å². The number of thioether (sulfide) groups is 1. The summed E-state index contributed by atoms with van der Waals surface area (Å²) in [6.07, 6.45) is 6.31. The highest BCUT2D eigenvalue weighted by atomic mass is 32.2. The van der Waals surface area contributed by atoms with Crippen molar-refractivity contribution in [3.8, 4) is 5.75 Å². The van der Waals surface area contributed by atoms with E-state index in [9.17, 15) is 34.8 Å². The van der Waals surface area contributed by atoms with Gasteiger partial charge in [0, 0.05) is 28.1 Å². The van der Waals surface area contributed by atoms with Gasteiger partial charge in [0.1, 0.15) is 22.8 Å². The van der Waals surface area contributed by atoms with Crippen LogP contribution in [0.1, 0.15) is 65.6 Å². The number of phenolic OH excluding ortho intramolecular Hbond substituents is 1. The lowest BCUT2D eigenvalue weighted by Crippen LogP contribution is -2.63.